The Morgan fingerprint density at radius 1 is 1.35 bits per heavy atom. The molecule has 2 N–H and O–H groups in total. The zero-order valence-corrected chi connectivity index (χ0v) is 11.5. The molecule has 90 valence electrons. The fourth-order valence-electron chi connectivity index (χ4n) is 1.83. The first kappa shape index (κ1) is 12.1. The van der Waals surface area contributed by atoms with Gasteiger partial charge in [0, 0.05) is 4.47 Å². The van der Waals surface area contributed by atoms with Gasteiger partial charge in [-0.2, -0.15) is 0 Å². The average molecular weight is 295 g/mol. The maximum absolute atomic E-state index is 5.83. The molecule has 0 aliphatic heterocycles. The summed E-state index contributed by atoms with van der Waals surface area (Å²) in [7, 11) is 0. The number of hydrogen-bond acceptors (Lipinski definition) is 3. The number of nitrogen functional groups attached to an aromatic ring is 1. The smallest absolute Gasteiger partial charge is 0.169 e. The van der Waals surface area contributed by atoms with Crippen LogP contribution in [0.25, 0.3) is 0 Å². The summed E-state index contributed by atoms with van der Waals surface area (Å²) >= 11 is 3.53. The van der Waals surface area contributed by atoms with Crippen LogP contribution in [-0.4, -0.2) is 15.0 Å². The minimum atomic E-state index is 0.312. The van der Waals surface area contributed by atoms with Crippen molar-refractivity contribution in [3.63, 3.8) is 0 Å². The summed E-state index contributed by atoms with van der Waals surface area (Å²) in [4.78, 5) is 0. The van der Waals surface area contributed by atoms with Crippen LogP contribution in [0.5, 0.6) is 0 Å². The van der Waals surface area contributed by atoms with Gasteiger partial charge >= 0.3 is 0 Å². The number of aromatic nitrogens is 3. The van der Waals surface area contributed by atoms with Crippen LogP contribution in [0.4, 0.5) is 5.82 Å². The number of nitrogens with two attached hydrogens (primary N) is 1. The second-order valence-electron chi connectivity index (χ2n) is 4.26. The second kappa shape index (κ2) is 4.87. The Labute approximate surface area is 109 Å². The number of anilines is 1. The quantitative estimate of drug-likeness (QED) is 0.947. The Hall–Kier alpha value is -1.36. The summed E-state index contributed by atoms with van der Waals surface area (Å²) in [5.41, 5.74) is 7.98. The van der Waals surface area contributed by atoms with Crippen molar-refractivity contribution in [3.05, 3.63) is 40.0 Å². The molecule has 5 heteroatoms. The van der Waals surface area contributed by atoms with Crippen LogP contribution in [0.2, 0.25) is 0 Å². The van der Waals surface area contributed by atoms with Crippen LogP contribution in [0.15, 0.2) is 28.7 Å². The number of nitrogens with zero attached hydrogens (tertiary/aromatic N) is 3. The minimum Gasteiger partial charge on any atom is -0.381 e. The lowest BCUT2D eigenvalue weighted by atomic mass is 10.1. The van der Waals surface area contributed by atoms with Gasteiger partial charge in [0.05, 0.1) is 12.2 Å². The van der Waals surface area contributed by atoms with Gasteiger partial charge in [0.2, 0.25) is 0 Å². The molecule has 17 heavy (non-hydrogen) atoms. The van der Waals surface area contributed by atoms with Crippen molar-refractivity contribution in [2.24, 2.45) is 0 Å². The van der Waals surface area contributed by atoms with E-state index in [-0.39, 0.29) is 0 Å². The van der Waals surface area contributed by atoms with E-state index in [2.05, 4.69) is 46.2 Å². The second-order valence-corrected chi connectivity index (χ2v) is 5.12. The topological polar surface area (TPSA) is 56.7 Å². The summed E-state index contributed by atoms with van der Waals surface area (Å²) in [5, 5.41) is 8.03. The average Bonchev–Trinajstić information content (AvgIpc) is 2.63. The molecule has 2 aromatic rings. The fourth-order valence-corrected chi connectivity index (χ4v) is 2.24. The van der Waals surface area contributed by atoms with Crippen LogP contribution >= 0.6 is 15.9 Å². The van der Waals surface area contributed by atoms with E-state index in [1.54, 1.807) is 0 Å². The van der Waals surface area contributed by atoms with Crippen LogP contribution < -0.4 is 5.73 Å². The van der Waals surface area contributed by atoms with E-state index in [0.717, 1.165) is 10.2 Å². The standard InChI is InChI=1S/C12H15BrN4/c1-8(2)11-12(14)15-16-17(11)7-9-5-3-4-6-10(9)13/h3-6,8H,7,14H2,1-2H3. The third kappa shape index (κ3) is 2.49. The summed E-state index contributed by atoms with van der Waals surface area (Å²) < 4.78 is 2.93. The molecule has 0 aliphatic rings. The van der Waals surface area contributed by atoms with Gasteiger partial charge in [0.25, 0.3) is 0 Å². The van der Waals surface area contributed by atoms with Crippen LogP contribution in [0, 0.1) is 0 Å². The molecular formula is C12H15BrN4. The number of rotatable bonds is 3. The molecular weight excluding hydrogens is 280 g/mol. The monoisotopic (exact) mass is 294 g/mol. The molecule has 4 nitrogen and oxygen atoms in total. The van der Waals surface area contributed by atoms with Gasteiger partial charge in [-0.05, 0) is 17.5 Å². The highest BCUT2D eigenvalue weighted by atomic mass is 79.9. The predicted molar refractivity (Wildman–Crippen MR) is 71.8 cm³/mol. The molecule has 0 saturated heterocycles. The van der Waals surface area contributed by atoms with E-state index in [1.165, 1.54) is 5.56 Å². The van der Waals surface area contributed by atoms with Gasteiger partial charge in [0.1, 0.15) is 0 Å². The zero-order chi connectivity index (χ0) is 12.4. The third-order valence-electron chi connectivity index (χ3n) is 2.63. The Morgan fingerprint density at radius 3 is 2.71 bits per heavy atom. The molecule has 0 radical (unpaired) electrons. The lowest BCUT2D eigenvalue weighted by molar-refractivity contribution is 0.597. The molecule has 1 aromatic carbocycles. The number of hydrogen-bond donors (Lipinski definition) is 1. The first-order valence-electron chi connectivity index (χ1n) is 5.52. The molecule has 0 saturated carbocycles. The lowest BCUT2D eigenvalue weighted by Gasteiger charge is -2.10. The molecule has 0 fully saturated rings. The van der Waals surface area contributed by atoms with E-state index in [4.69, 9.17) is 5.73 Å². The van der Waals surface area contributed by atoms with Crippen molar-refractivity contribution < 1.29 is 0 Å². The highest BCUT2D eigenvalue weighted by molar-refractivity contribution is 9.10. The number of benzene rings is 1. The highest BCUT2D eigenvalue weighted by Crippen LogP contribution is 2.22. The van der Waals surface area contributed by atoms with E-state index in [9.17, 15) is 0 Å². The minimum absolute atomic E-state index is 0.312. The normalized spacial score (nSPS) is 11.1. The predicted octanol–water partition coefficient (Wildman–Crippen LogP) is 2.79. The van der Waals surface area contributed by atoms with Gasteiger partial charge in [-0.3, -0.25) is 0 Å². The number of halogens is 1. The van der Waals surface area contributed by atoms with Crippen molar-refractivity contribution >= 4 is 21.7 Å². The van der Waals surface area contributed by atoms with Crippen molar-refractivity contribution in [1.29, 1.82) is 0 Å². The van der Waals surface area contributed by atoms with Crippen molar-refractivity contribution in [3.8, 4) is 0 Å². The maximum Gasteiger partial charge on any atom is 0.169 e. The maximum atomic E-state index is 5.83. The van der Waals surface area contributed by atoms with E-state index in [1.807, 2.05) is 22.9 Å². The Kier molecular flexibility index (Phi) is 3.47. The van der Waals surface area contributed by atoms with E-state index >= 15 is 0 Å². The molecule has 0 atom stereocenters. The lowest BCUT2D eigenvalue weighted by Crippen LogP contribution is -2.09. The highest BCUT2D eigenvalue weighted by Gasteiger charge is 2.14. The molecule has 0 spiro atoms. The summed E-state index contributed by atoms with van der Waals surface area (Å²) in [6.45, 7) is 4.86. The first-order chi connectivity index (χ1) is 8.09. The zero-order valence-electron chi connectivity index (χ0n) is 9.89. The van der Waals surface area contributed by atoms with Crippen molar-refractivity contribution in [1.82, 2.24) is 15.0 Å². The Bertz CT molecular complexity index is 519. The van der Waals surface area contributed by atoms with E-state index in [0.29, 0.717) is 18.3 Å². The van der Waals surface area contributed by atoms with Crippen LogP contribution in [-0.2, 0) is 6.54 Å². The van der Waals surface area contributed by atoms with Gasteiger partial charge in [-0.1, -0.05) is 53.2 Å². The van der Waals surface area contributed by atoms with Gasteiger partial charge in [0.15, 0.2) is 5.82 Å². The van der Waals surface area contributed by atoms with Crippen LogP contribution in [0.3, 0.4) is 0 Å². The molecule has 0 amide bonds. The molecule has 1 heterocycles. The van der Waals surface area contributed by atoms with Gasteiger partial charge in [-0.15, -0.1) is 5.10 Å². The first-order valence-corrected chi connectivity index (χ1v) is 6.31. The van der Waals surface area contributed by atoms with E-state index < -0.39 is 0 Å². The fraction of sp³-hybridized carbons (Fsp3) is 0.333. The summed E-state index contributed by atoms with van der Waals surface area (Å²) in [6, 6.07) is 8.08. The summed E-state index contributed by atoms with van der Waals surface area (Å²) in [5.74, 6) is 0.833. The molecule has 0 aliphatic carbocycles. The van der Waals surface area contributed by atoms with Crippen LogP contribution in [0.1, 0.15) is 31.0 Å². The third-order valence-corrected chi connectivity index (χ3v) is 3.40. The van der Waals surface area contributed by atoms with Gasteiger partial charge in [-0.25, -0.2) is 4.68 Å². The molecule has 0 unspecified atom stereocenters. The largest absolute Gasteiger partial charge is 0.381 e. The Morgan fingerprint density at radius 2 is 2.06 bits per heavy atom. The molecule has 0 bridgehead atoms. The van der Waals surface area contributed by atoms with Gasteiger partial charge < -0.3 is 5.73 Å². The summed E-state index contributed by atoms with van der Waals surface area (Å²) in [6.07, 6.45) is 0. The SMILES string of the molecule is CC(C)c1c(N)nnn1Cc1ccccc1Br. The molecule has 2 rings (SSSR count). The van der Waals surface area contributed by atoms with Crippen molar-refractivity contribution in [2.75, 3.05) is 5.73 Å². The Balaban J connectivity index is 2.34. The van der Waals surface area contributed by atoms with Crippen molar-refractivity contribution in [2.45, 2.75) is 26.3 Å². The molecule has 1 aromatic heterocycles.